The summed E-state index contributed by atoms with van der Waals surface area (Å²) in [4.78, 5) is 8.29. The third-order valence-electron chi connectivity index (χ3n) is 2.92. The molecule has 0 spiro atoms. The van der Waals surface area contributed by atoms with Gasteiger partial charge in [-0.3, -0.25) is 0 Å². The quantitative estimate of drug-likeness (QED) is 0.787. The lowest BCUT2D eigenvalue weighted by Crippen LogP contribution is -2.52. The van der Waals surface area contributed by atoms with Gasteiger partial charge in [0.15, 0.2) is 0 Å². The molecule has 5 nitrogen and oxygen atoms in total. The largest absolute Gasteiger partial charge is 0.352 e. The summed E-state index contributed by atoms with van der Waals surface area (Å²) in [6.07, 6.45) is 3.27. The lowest BCUT2D eigenvalue weighted by atomic mass is 9.78. The summed E-state index contributed by atoms with van der Waals surface area (Å²) in [6.45, 7) is 2.51. The molecule has 1 aromatic rings. The Morgan fingerprint density at radius 1 is 1.56 bits per heavy atom. The van der Waals surface area contributed by atoms with Crippen LogP contribution in [0.1, 0.15) is 30.7 Å². The molecule has 0 amide bonds. The molecular formula is C11H15N5. The van der Waals surface area contributed by atoms with Crippen LogP contribution >= 0.6 is 0 Å². The van der Waals surface area contributed by atoms with E-state index in [1.54, 1.807) is 6.07 Å². The first-order chi connectivity index (χ1) is 7.61. The van der Waals surface area contributed by atoms with Gasteiger partial charge in [-0.2, -0.15) is 5.26 Å². The van der Waals surface area contributed by atoms with E-state index in [9.17, 15) is 0 Å². The van der Waals surface area contributed by atoms with Gasteiger partial charge in [0.25, 0.3) is 0 Å². The van der Waals surface area contributed by atoms with E-state index in [0.29, 0.717) is 18.2 Å². The van der Waals surface area contributed by atoms with E-state index in [2.05, 4.69) is 15.3 Å². The summed E-state index contributed by atoms with van der Waals surface area (Å²) in [5.41, 5.74) is 7.13. The Hall–Kier alpha value is -1.67. The van der Waals surface area contributed by atoms with Gasteiger partial charge in [0.05, 0.1) is 0 Å². The van der Waals surface area contributed by atoms with Crippen molar-refractivity contribution >= 4 is 5.95 Å². The van der Waals surface area contributed by atoms with Crippen molar-refractivity contribution in [3.63, 3.8) is 0 Å². The number of nitrogens with one attached hydrogen (secondary N) is 1. The van der Waals surface area contributed by atoms with Gasteiger partial charge in [-0.05, 0) is 32.3 Å². The maximum absolute atomic E-state index is 8.78. The summed E-state index contributed by atoms with van der Waals surface area (Å²) in [5.74, 6) is 0.494. The Bertz CT molecular complexity index is 430. The molecule has 1 aromatic heterocycles. The fraction of sp³-hybridized carbons (Fsp3) is 0.545. The van der Waals surface area contributed by atoms with Gasteiger partial charge in [0.2, 0.25) is 5.95 Å². The van der Waals surface area contributed by atoms with E-state index in [1.165, 1.54) is 6.42 Å². The van der Waals surface area contributed by atoms with E-state index < -0.39 is 0 Å². The van der Waals surface area contributed by atoms with Crippen molar-refractivity contribution < 1.29 is 0 Å². The van der Waals surface area contributed by atoms with Crippen LogP contribution in [-0.2, 0) is 0 Å². The number of rotatable bonds is 3. The highest BCUT2D eigenvalue weighted by Crippen LogP contribution is 2.28. The fourth-order valence-electron chi connectivity index (χ4n) is 1.77. The molecule has 1 fully saturated rings. The van der Waals surface area contributed by atoms with E-state index in [0.717, 1.165) is 18.5 Å². The normalized spacial score (nSPS) is 17.3. The second-order valence-electron chi connectivity index (χ2n) is 4.40. The molecule has 2 rings (SSSR count). The monoisotopic (exact) mass is 217 g/mol. The van der Waals surface area contributed by atoms with Crippen LogP contribution in [0.3, 0.4) is 0 Å². The Morgan fingerprint density at radius 2 is 2.31 bits per heavy atom. The lowest BCUT2D eigenvalue weighted by molar-refractivity contribution is 0.265. The number of hydrogen-bond acceptors (Lipinski definition) is 5. The Kier molecular flexibility index (Phi) is 2.75. The van der Waals surface area contributed by atoms with Crippen LogP contribution in [-0.4, -0.2) is 22.1 Å². The van der Waals surface area contributed by atoms with E-state index in [4.69, 9.17) is 11.0 Å². The zero-order chi connectivity index (χ0) is 11.6. The first-order valence-electron chi connectivity index (χ1n) is 5.40. The van der Waals surface area contributed by atoms with E-state index >= 15 is 0 Å². The number of aromatic nitrogens is 2. The van der Waals surface area contributed by atoms with Gasteiger partial charge in [-0.15, -0.1) is 0 Å². The van der Waals surface area contributed by atoms with Crippen molar-refractivity contribution in [3.8, 4) is 6.07 Å². The summed E-state index contributed by atoms with van der Waals surface area (Å²) in [7, 11) is 0. The van der Waals surface area contributed by atoms with Crippen molar-refractivity contribution in [3.05, 3.63) is 17.5 Å². The number of nitrogens with two attached hydrogens (primary N) is 1. The summed E-state index contributed by atoms with van der Waals surface area (Å²) in [6, 6.07) is 3.67. The topological polar surface area (TPSA) is 87.6 Å². The average Bonchev–Trinajstić information content (AvgIpc) is 2.23. The molecule has 0 aliphatic heterocycles. The van der Waals surface area contributed by atoms with Crippen molar-refractivity contribution in [1.82, 2.24) is 9.97 Å². The van der Waals surface area contributed by atoms with Crippen molar-refractivity contribution in [1.29, 1.82) is 5.26 Å². The molecule has 1 saturated carbocycles. The predicted molar refractivity (Wildman–Crippen MR) is 60.7 cm³/mol. The minimum absolute atomic E-state index is 0.111. The SMILES string of the molecule is Cc1cc(C#N)nc(NCC2(N)CCC2)n1. The summed E-state index contributed by atoms with van der Waals surface area (Å²) in [5, 5.41) is 11.9. The molecule has 0 unspecified atom stereocenters. The van der Waals surface area contributed by atoms with Gasteiger partial charge >= 0.3 is 0 Å². The standard InChI is InChI=1S/C11H15N5/c1-8-5-9(6-12)16-10(15-8)14-7-11(13)3-2-4-11/h5H,2-4,7,13H2,1H3,(H,14,15,16). The number of hydrogen-bond donors (Lipinski definition) is 2. The van der Waals surface area contributed by atoms with Crippen molar-refractivity contribution in [2.45, 2.75) is 31.7 Å². The molecule has 0 aromatic carbocycles. The first-order valence-corrected chi connectivity index (χ1v) is 5.40. The van der Waals surface area contributed by atoms with Crippen LogP contribution in [0.25, 0.3) is 0 Å². The predicted octanol–water partition coefficient (Wildman–Crippen LogP) is 0.950. The second kappa shape index (κ2) is 4.06. The van der Waals surface area contributed by atoms with Crippen LogP contribution < -0.4 is 11.1 Å². The summed E-state index contributed by atoms with van der Waals surface area (Å²) >= 11 is 0. The Balaban J connectivity index is 2.04. The Morgan fingerprint density at radius 3 is 2.88 bits per heavy atom. The molecule has 0 radical (unpaired) electrons. The van der Waals surface area contributed by atoms with Crippen LogP contribution in [0.5, 0.6) is 0 Å². The number of nitrogens with zero attached hydrogens (tertiary/aromatic N) is 3. The second-order valence-corrected chi connectivity index (χ2v) is 4.40. The molecule has 5 heteroatoms. The lowest BCUT2D eigenvalue weighted by Gasteiger charge is -2.38. The third-order valence-corrected chi connectivity index (χ3v) is 2.92. The highest BCUT2D eigenvalue weighted by molar-refractivity contribution is 5.33. The fourth-order valence-corrected chi connectivity index (χ4v) is 1.77. The maximum atomic E-state index is 8.78. The molecular weight excluding hydrogens is 202 g/mol. The van der Waals surface area contributed by atoms with Crippen LogP contribution in [0, 0.1) is 18.3 Å². The molecule has 1 aliphatic rings. The number of anilines is 1. The molecule has 1 heterocycles. The number of aryl methyl sites for hydroxylation is 1. The van der Waals surface area contributed by atoms with Crippen molar-refractivity contribution in [2.24, 2.45) is 5.73 Å². The molecule has 0 saturated heterocycles. The van der Waals surface area contributed by atoms with E-state index in [1.807, 2.05) is 13.0 Å². The van der Waals surface area contributed by atoms with Crippen LogP contribution in [0.4, 0.5) is 5.95 Å². The number of nitriles is 1. The summed E-state index contributed by atoms with van der Waals surface area (Å²) < 4.78 is 0. The minimum atomic E-state index is -0.111. The molecule has 0 bridgehead atoms. The first kappa shape index (κ1) is 10.8. The zero-order valence-electron chi connectivity index (χ0n) is 9.32. The zero-order valence-corrected chi connectivity index (χ0v) is 9.32. The van der Waals surface area contributed by atoms with Crippen molar-refractivity contribution in [2.75, 3.05) is 11.9 Å². The van der Waals surface area contributed by atoms with Crippen LogP contribution in [0.2, 0.25) is 0 Å². The average molecular weight is 217 g/mol. The van der Waals surface area contributed by atoms with Gasteiger partial charge in [-0.25, -0.2) is 9.97 Å². The van der Waals surface area contributed by atoms with Crippen LogP contribution in [0.15, 0.2) is 6.07 Å². The molecule has 84 valence electrons. The smallest absolute Gasteiger partial charge is 0.224 e. The molecule has 16 heavy (non-hydrogen) atoms. The van der Waals surface area contributed by atoms with Gasteiger partial charge in [0.1, 0.15) is 11.8 Å². The Labute approximate surface area is 94.7 Å². The van der Waals surface area contributed by atoms with Gasteiger partial charge < -0.3 is 11.1 Å². The third kappa shape index (κ3) is 2.28. The highest BCUT2D eigenvalue weighted by atomic mass is 15.1. The maximum Gasteiger partial charge on any atom is 0.224 e. The molecule has 0 atom stereocenters. The van der Waals surface area contributed by atoms with Gasteiger partial charge in [-0.1, -0.05) is 0 Å². The van der Waals surface area contributed by atoms with Gasteiger partial charge in [0, 0.05) is 17.8 Å². The molecule has 1 aliphatic carbocycles. The van der Waals surface area contributed by atoms with E-state index in [-0.39, 0.29) is 5.54 Å². The molecule has 3 N–H and O–H groups in total. The highest BCUT2D eigenvalue weighted by Gasteiger charge is 2.32. The minimum Gasteiger partial charge on any atom is -0.352 e.